The number of anilines is 1. The summed E-state index contributed by atoms with van der Waals surface area (Å²) in [5, 5.41) is 8.26. The summed E-state index contributed by atoms with van der Waals surface area (Å²) in [4.78, 5) is 18.3. The molecule has 174 valence electrons. The fraction of sp³-hybridized carbons (Fsp3) is 0.280. The Kier molecular flexibility index (Phi) is 7.89. The topological polar surface area (TPSA) is 66.0 Å². The van der Waals surface area contributed by atoms with Crippen LogP contribution in [0.1, 0.15) is 27.2 Å². The van der Waals surface area contributed by atoms with Gasteiger partial charge >= 0.3 is 0 Å². The van der Waals surface area contributed by atoms with Crippen molar-refractivity contribution < 1.29 is 9.18 Å². The molecule has 0 radical (unpaired) electrons. The Labute approximate surface area is 199 Å². The van der Waals surface area contributed by atoms with Crippen molar-refractivity contribution in [2.45, 2.75) is 19.8 Å². The molecular weight excluding hydrogens is 441 g/mol. The predicted molar refractivity (Wildman–Crippen MR) is 133 cm³/mol. The lowest BCUT2D eigenvalue weighted by Crippen LogP contribution is -2.23. The van der Waals surface area contributed by atoms with Gasteiger partial charge in [0.05, 0.1) is 6.20 Å². The van der Waals surface area contributed by atoms with Gasteiger partial charge in [-0.05, 0) is 80.4 Å². The SMILES string of the molecule is Cc1[nH]c2ccc(NC(=O)c3ccc(F)cc3)cc2c1CCN(C)CCc1cnn(C)c1.Cl. The van der Waals surface area contributed by atoms with Gasteiger partial charge in [-0.25, -0.2) is 4.39 Å². The van der Waals surface area contributed by atoms with Crippen LogP contribution in [0.2, 0.25) is 0 Å². The summed E-state index contributed by atoms with van der Waals surface area (Å²) in [5.41, 5.74) is 5.83. The minimum absolute atomic E-state index is 0. The maximum Gasteiger partial charge on any atom is 0.255 e. The summed E-state index contributed by atoms with van der Waals surface area (Å²) in [5.74, 6) is -0.617. The van der Waals surface area contributed by atoms with E-state index in [1.165, 1.54) is 35.4 Å². The second kappa shape index (κ2) is 10.6. The maximum atomic E-state index is 13.1. The van der Waals surface area contributed by atoms with Crippen LogP contribution in [0.4, 0.5) is 10.1 Å². The third kappa shape index (κ3) is 6.00. The van der Waals surface area contributed by atoms with E-state index in [1.54, 1.807) is 0 Å². The minimum atomic E-state index is -0.360. The van der Waals surface area contributed by atoms with Gasteiger partial charge in [-0.2, -0.15) is 5.10 Å². The van der Waals surface area contributed by atoms with E-state index in [-0.39, 0.29) is 24.1 Å². The minimum Gasteiger partial charge on any atom is -0.358 e. The molecule has 6 nitrogen and oxygen atoms in total. The van der Waals surface area contributed by atoms with E-state index in [9.17, 15) is 9.18 Å². The highest BCUT2D eigenvalue weighted by Gasteiger charge is 2.12. The third-order valence-electron chi connectivity index (χ3n) is 5.77. The van der Waals surface area contributed by atoms with Gasteiger partial charge in [0.1, 0.15) is 5.82 Å². The lowest BCUT2D eigenvalue weighted by atomic mass is 10.1. The number of carbonyl (C=O) groups is 1. The van der Waals surface area contributed by atoms with Crippen LogP contribution < -0.4 is 5.32 Å². The van der Waals surface area contributed by atoms with Crippen LogP contribution in [0.25, 0.3) is 10.9 Å². The van der Waals surface area contributed by atoms with Crippen molar-refractivity contribution in [2.24, 2.45) is 7.05 Å². The molecule has 0 aliphatic carbocycles. The van der Waals surface area contributed by atoms with Gasteiger partial charge in [-0.3, -0.25) is 9.48 Å². The largest absolute Gasteiger partial charge is 0.358 e. The van der Waals surface area contributed by atoms with Gasteiger partial charge < -0.3 is 15.2 Å². The first-order chi connectivity index (χ1) is 15.4. The van der Waals surface area contributed by atoms with Gasteiger partial charge in [0.25, 0.3) is 5.91 Å². The molecule has 4 aromatic rings. The van der Waals surface area contributed by atoms with Crippen LogP contribution in [0.3, 0.4) is 0 Å². The Balaban J connectivity index is 0.00000306. The van der Waals surface area contributed by atoms with E-state index in [4.69, 9.17) is 0 Å². The van der Waals surface area contributed by atoms with E-state index in [1.807, 2.05) is 36.1 Å². The molecule has 0 fully saturated rings. The number of H-pyrrole nitrogens is 1. The van der Waals surface area contributed by atoms with Gasteiger partial charge in [-0.1, -0.05) is 0 Å². The van der Waals surface area contributed by atoms with Gasteiger partial charge in [-0.15, -0.1) is 12.4 Å². The molecule has 0 saturated heterocycles. The van der Waals surface area contributed by atoms with Gasteiger partial charge in [0.2, 0.25) is 0 Å². The fourth-order valence-corrected chi connectivity index (χ4v) is 3.92. The average molecular weight is 470 g/mol. The Morgan fingerprint density at radius 2 is 1.88 bits per heavy atom. The smallest absolute Gasteiger partial charge is 0.255 e. The number of aromatic nitrogens is 3. The van der Waals surface area contributed by atoms with Crippen LogP contribution in [-0.4, -0.2) is 45.7 Å². The maximum absolute atomic E-state index is 13.1. The number of hydrogen-bond acceptors (Lipinski definition) is 3. The molecule has 2 aromatic carbocycles. The fourth-order valence-electron chi connectivity index (χ4n) is 3.92. The molecule has 0 unspecified atom stereocenters. The number of carbonyl (C=O) groups excluding carboxylic acids is 1. The van der Waals surface area contributed by atoms with Crippen molar-refractivity contribution in [1.82, 2.24) is 19.7 Å². The molecule has 0 bridgehead atoms. The number of likely N-dealkylation sites (N-methyl/N-ethyl adjacent to an activating group) is 1. The molecule has 2 heterocycles. The van der Waals surface area contributed by atoms with Gasteiger partial charge in [0.15, 0.2) is 0 Å². The predicted octanol–water partition coefficient (Wildman–Crippen LogP) is 4.74. The average Bonchev–Trinajstić information content (AvgIpc) is 3.33. The van der Waals surface area contributed by atoms with Gasteiger partial charge in [0, 0.05) is 54.2 Å². The second-order valence-corrected chi connectivity index (χ2v) is 8.28. The molecule has 0 atom stereocenters. The highest BCUT2D eigenvalue weighted by Crippen LogP contribution is 2.26. The van der Waals surface area contributed by atoms with Crippen LogP contribution in [-0.2, 0) is 19.9 Å². The molecule has 0 aliphatic rings. The number of nitrogens with one attached hydrogen (secondary N) is 2. The van der Waals surface area contributed by atoms with E-state index in [0.717, 1.165) is 48.2 Å². The number of fused-ring (bicyclic) bond motifs is 1. The zero-order valence-corrected chi connectivity index (χ0v) is 19.9. The number of nitrogens with zero attached hydrogens (tertiary/aromatic N) is 3. The number of hydrogen-bond donors (Lipinski definition) is 2. The summed E-state index contributed by atoms with van der Waals surface area (Å²) < 4.78 is 15.0. The standard InChI is InChI=1S/C25H28FN5O.ClH/c1-17-22(11-13-30(2)12-10-18-15-27-31(3)16-18)23-14-21(8-9-24(23)28-17)29-25(32)19-4-6-20(26)7-5-19;/h4-9,14-16,28H,10-13H2,1-3H3,(H,29,32);1H. The monoisotopic (exact) mass is 469 g/mol. The lowest BCUT2D eigenvalue weighted by molar-refractivity contribution is 0.102. The lowest BCUT2D eigenvalue weighted by Gasteiger charge is -2.16. The molecule has 8 heteroatoms. The van der Waals surface area contributed by atoms with E-state index < -0.39 is 0 Å². The summed E-state index contributed by atoms with van der Waals surface area (Å²) >= 11 is 0. The summed E-state index contributed by atoms with van der Waals surface area (Å²) in [6, 6.07) is 11.4. The third-order valence-corrected chi connectivity index (χ3v) is 5.77. The number of rotatable bonds is 8. The van der Waals surface area contributed by atoms with Crippen molar-refractivity contribution in [2.75, 3.05) is 25.5 Å². The first-order valence-corrected chi connectivity index (χ1v) is 10.7. The molecule has 33 heavy (non-hydrogen) atoms. The van der Waals surface area contributed by atoms with E-state index >= 15 is 0 Å². The highest BCUT2D eigenvalue weighted by molar-refractivity contribution is 6.05. The van der Waals surface area contributed by atoms with Crippen LogP contribution in [0.15, 0.2) is 54.9 Å². The number of benzene rings is 2. The molecule has 2 N–H and O–H groups in total. The first-order valence-electron chi connectivity index (χ1n) is 10.7. The van der Waals surface area contributed by atoms with Crippen molar-refractivity contribution in [3.8, 4) is 0 Å². The number of halogens is 2. The number of amides is 1. The van der Waals surface area contributed by atoms with Crippen molar-refractivity contribution >= 4 is 34.9 Å². The zero-order valence-electron chi connectivity index (χ0n) is 19.1. The number of aromatic amines is 1. The first kappa shape index (κ1) is 24.5. The van der Waals surface area contributed by atoms with Crippen molar-refractivity contribution in [3.63, 3.8) is 0 Å². The quantitative estimate of drug-likeness (QED) is 0.391. The van der Waals surface area contributed by atoms with E-state index in [2.05, 4.69) is 40.5 Å². The van der Waals surface area contributed by atoms with Crippen LogP contribution in [0, 0.1) is 12.7 Å². The molecule has 0 saturated carbocycles. The van der Waals surface area contributed by atoms with E-state index in [0.29, 0.717) is 5.56 Å². The summed E-state index contributed by atoms with van der Waals surface area (Å²) in [6.45, 7) is 3.98. The molecule has 2 aromatic heterocycles. The number of aryl methyl sites for hydroxylation is 2. The Hall–Kier alpha value is -3.16. The Bertz CT molecular complexity index is 1230. The highest BCUT2D eigenvalue weighted by atomic mass is 35.5. The van der Waals surface area contributed by atoms with Crippen LogP contribution >= 0.6 is 12.4 Å². The molecule has 4 rings (SSSR count). The molecule has 0 aliphatic heterocycles. The van der Waals surface area contributed by atoms with Crippen molar-refractivity contribution in [1.29, 1.82) is 0 Å². The zero-order chi connectivity index (χ0) is 22.7. The second-order valence-electron chi connectivity index (χ2n) is 8.28. The molecule has 1 amide bonds. The molecule has 0 spiro atoms. The summed E-state index contributed by atoms with van der Waals surface area (Å²) in [6.07, 6.45) is 5.85. The van der Waals surface area contributed by atoms with Crippen LogP contribution in [0.5, 0.6) is 0 Å². The summed E-state index contributed by atoms with van der Waals surface area (Å²) in [7, 11) is 4.07. The molecular formula is C25H29ClFN5O. The normalized spacial score (nSPS) is 11.1. The van der Waals surface area contributed by atoms with Crippen molar-refractivity contribution in [3.05, 3.63) is 83.1 Å². The Morgan fingerprint density at radius 3 is 2.58 bits per heavy atom. The Morgan fingerprint density at radius 1 is 1.15 bits per heavy atom.